The zero-order valence-electron chi connectivity index (χ0n) is 14.5. The maximum Gasteiger partial charge on any atom is 0.315 e. The minimum absolute atomic E-state index is 0.0522. The Labute approximate surface area is 147 Å². The summed E-state index contributed by atoms with van der Waals surface area (Å²) in [4.78, 5) is 12.3. The molecule has 3 rings (SSSR count). The second kappa shape index (κ2) is 7.19. The van der Waals surface area contributed by atoms with E-state index in [2.05, 4.69) is 10.6 Å². The Balaban J connectivity index is 1.61. The van der Waals surface area contributed by atoms with E-state index in [1.54, 1.807) is 19.1 Å². The molecule has 2 atom stereocenters. The molecule has 0 radical (unpaired) electrons. The Hall–Kier alpha value is -2.47. The van der Waals surface area contributed by atoms with Crippen LogP contribution in [0, 0.1) is 6.92 Å². The Morgan fingerprint density at radius 1 is 1.32 bits per heavy atom. The molecule has 0 saturated heterocycles. The molecule has 2 amide bonds. The lowest BCUT2D eigenvalue weighted by Crippen LogP contribution is -2.44. The van der Waals surface area contributed by atoms with Gasteiger partial charge in [-0.05, 0) is 44.9 Å². The van der Waals surface area contributed by atoms with E-state index < -0.39 is 5.60 Å². The van der Waals surface area contributed by atoms with Crippen molar-refractivity contribution in [1.82, 2.24) is 10.6 Å². The van der Waals surface area contributed by atoms with Crippen LogP contribution in [0.3, 0.4) is 0 Å². The topological polar surface area (TPSA) is 83.7 Å². The molecule has 2 heterocycles. The van der Waals surface area contributed by atoms with Crippen molar-refractivity contribution in [2.45, 2.75) is 38.3 Å². The van der Waals surface area contributed by atoms with Crippen LogP contribution in [0.2, 0.25) is 0 Å². The minimum Gasteiger partial charge on any atom is -0.493 e. The van der Waals surface area contributed by atoms with Gasteiger partial charge in [0.2, 0.25) is 0 Å². The largest absolute Gasteiger partial charge is 0.493 e. The average molecular weight is 344 g/mol. The normalized spacial score (nSPS) is 19.1. The van der Waals surface area contributed by atoms with Crippen molar-refractivity contribution >= 4 is 6.03 Å². The van der Waals surface area contributed by atoms with Gasteiger partial charge in [0.05, 0.1) is 19.2 Å². The van der Waals surface area contributed by atoms with Gasteiger partial charge in [-0.25, -0.2) is 4.79 Å². The first-order chi connectivity index (χ1) is 12.0. The smallest absolute Gasteiger partial charge is 0.315 e. The second-order valence-corrected chi connectivity index (χ2v) is 6.59. The zero-order chi connectivity index (χ0) is 17.9. The number of benzene rings is 1. The van der Waals surface area contributed by atoms with Crippen molar-refractivity contribution in [1.29, 1.82) is 0 Å². The monoisotopic (exact) mass is 344 g/mol. The first-order valence-electron chi connectivity index (χ1n) is 8.51. The molecule has 1 aromatic carbocycles. The fourth-order valence-corrected chi connectivity index (χ4v) is 2.95. The number of urea groups is 1. The van der Waals surface area contributed by atoms with Gasteiger partial charge in [-0.2, -0.15) is 0 Å². The lowest BCUT2D eigenvalue weighted by molar-refractivity contribution is 0.0359. The first-order valence-corrected chi connectivity index (χ1v) is 8.51. The molecule has 25 heavy (non-hydrogen) atoms. The summed E-state index contributed by atoms with van der Waals surface area (Å²) in [7, 11) is 0. The number of ether oxygens (including phenoxy) is 1. The van der Waals surface area contributed by atoms with Crippen molar-refractivity contribution in [2.75, 3.05) is 13.2 Å². The number of nitrogens with one attached hydrogen (secondary N) is 2. The molecule has 2 aromatic rings. The summed E-state index contributed by atoms with van der Waals surface area (Å²) >= 11 is 0. The van der Waals surface area contributed by atoms with Gasteiger partial charge in [0.1, 0.15) is 22.9 Å². The summed E-state index contributed by atoms with van der Waals surface area (Å²) in [5.74, 6) is 1.96. The maximum absolute atomic E-state index is 12.3. The van der Waals surface area contributed by atoms with E-state index in [1.165, 1.54) is 0 Å². The van der Waals surface area contributed by atoms with Gasteiger partial charge in [-0.3, -0.25) is 0 Å². The van der Waals surface area contributed by atoms with Crippen molar-refractivity contribution in [3.63, 3.8) is 0 Å². The van der Waals surface area contributed by atoms with Crippen molar-refractivity contribution in [3.05, 3.63) is 53.5 Å². The molecular formula is C19H24N2O4. The number of aryl methyl sites for hydroxylation is 1. The number of rotatable bonds is 4. The molecule has 1 aromatic heterocycles. The number of furan rings is 1. The number of amides is 2. The average Bonchev–Trinajstić information content (AvgIpc) is 2.94. The van der Waals surface area contributed by atoms with Gasteiger partial charge in [0.15, 0.2) is 0 Å². The molecule has 1 aliphatic rings. The van der Waals surface area contributed by atoms with Crippen LogP contribution in [0.5, 0.6) is 5.75 Å². The number of carbonyl (C=O) groups is 1. The number of aliphatic hydroxyl groups is 1. The highest BCUT2D eigenvalue weighted by Crippen LogP contribution is 2.31. The Morgan fingerprint density at radius 2 is 2.12 bits per heavy atom. The zero-order valence-corrected chi connectivity index (χ0v) is 14.5. The number of carbonyl (C=O) groups excluding carboxylic acids is 1. The van der Waals surface area contributed by atoms with Crippen molar-refractivity contribution in [2.24, 2.45) is 0 Å². The molecule has 1 aliphatic heterocycles. The standard InChI is InChI=1S/C19H24N2O4/c1-13-9-10-17(25-13)19(2,23)12-20-18(22)21-15-7-5-11-24-16-8-4-3-6-14(15)16/h3-4,6,8-10,15,23H,5,7,11-12H2,1-2H3,(H2,20,21,22)/t15-,19+/m0/s1. The third-order valence-electron chi connectivity index (χ3n) is 4.36. The van der Waals surface area contributed by atoms with Crippen molar-refractivity contribution in [3.8, 4) is 5.75 Å². The summed E-state index contributed by atoms with van der Waals surface area (Å²) in [6, 6.07) is 10.8. The highest BCUT2D eigenvalue weighted by Gasteiger charge is 2.28. The van der Waals surface area contributed by atoms with Crippen LogP contribution in [0.4, 0.5) is 4.79 Å². The van der Waals surface area contributed by atoms with E-state index in [0.717, 1.165) is 29.9 Å². The molecule has 0 saturated carbocycles. The number of hydrogen-bond acceptors (Lipinski definition) is 4. The van der Waals surface area contributed by atoms with Crippen LogP contribution in [-0.2, 0) is 5.60 Å². The predicted molar refractivity (Wildman–Crippen MR) is 93.5 cm³/mol. The van der Waals surface area contributed by atoms with Gasteiger partial charge >= 0.3 is 6.03 Å². The van der Waals surface area contributed by atoms with E-state index in [0.29, 0.717) is 12.4 Å². The molecular weight excluding hydrogens is 320 g/mol. The Kier molecular flexibility index (Phi) is 4.99. The molecule has 0 unspecified atom stereocenters. The van der Waals surface area contributed by atoms with Crippen LogP contribution < -0.4 is 15.4 Å². The van der Waals surface area contributed by atoms with Crippen LogP contribution in [-0.4, -0.2) is 24.3 Å². The van der Waals surface area contributed by atoms with Crippen LogP contribution in [0.1, 0.15) is 42.9 Å². The molecule has 134 valence electrons. The summed E-state index contributed by atoms with van der Waals surface area (Å²) in [6.07, 6.45) is 1.67. The van der Waals surface area contributed by atoms with E-state index >= 15 is 0 Å². The van der Waals surface area contributed by atoms with E-state index in [9.17, 15) is 9.90 Å². The highest BCUT2D eigenvalue weighted by molar-refractivity contribution is 5.74. The van der Waals surface area contributed by atoms with Gasteiger partial charge in [0.25, 0.3) is 0 Å². The first kappa shape index (κ1) is 17.4. The second-order valence-electron chi connectivity index (χ2n) is 6.59. The number of fused-ring (bicyclic) bond motifs is 1. The van der Waals surface area contributed by atoms with Crippen LogP contribution in [0.15, 0.2) is 40.8 Å². The molecule has 0 fully saturated rings. The molecule has 0 aliphatic carbocycles. The van der Waals surface area contributed by atoms with E-state index in [1.807, 2.05) is 31.2 Å². The van der Waals surface area contributed by atoms with Crippen LogP contribution in [0.25, 0.3) is 0 Å². The highest BCUT2D eigenvalue weighted by atomic mass is 16.5. The number of para-hydroxylation sites is 1. The fraction of sp³-hybridized carbons (Fsp3) is 0.421. The van der Waals surface area contributed by atoms with Crippen LogP contribution >= 0.6 is 0 Å². The Morgan fingerprint density at radius 3 is 2.88 bits per heavy atom. The lowest BCUT2D eigenvalue weighted by atomic mass is 10.0. The summed E-state index contributed by atoms with van der Waals surface area (Å²) < 4.78 is 11.2. The Bertz CT molecular complexity index is 739. The number of hydrogen-bond donors (Lipinski definition) is 3. The third kappa shape index (κ3) is 4.14. The maximum atomic E-state index is 12.3. The SMILES string of the molecule is Cc1ccc([C@](C)(O)CNC(=O)N[C@H]2CCCOc3ccccc32)o1. The molecule has 0 spiro atoms. The summed E-state index contributed by atoms with van der Waals surface area (Å²) in [5.41, 5.74) is -0.292. The van der Waals surface area contributed by atoms with Crippen molar-refractivity contribution < 1.29 is 19.1 Å². The van der Waals surface area contributed by atoms with Gasteiger partial charge in [-0.15, -0.1) is 0 Å². The minimum atomic E-state index is -1.27. The quantitative estimate of drug-likeness (QED) is 0.796. The van der Waals surface area contributed by atoms with E-state index in [4.69, 9.17) is 9.15 Å². The third-order valence-corrected chi connectivity index (χ3v) is 4.36. The lowest BCUT2D eigenvalue weighted by Gasteiger charge is -2.23. The molecule has 3 N–H and O–H groups in total. The van der Waals surface area contributed by atoms with Gasteiger partial charge in [0, 0.05) is 5.56 Å². The van der Waals surface area contributed by atoms with Gasteiger partial charge < -0.3 is 24.9 Å². The van der Waals surface area contributed by atoms with Gasteiger partial charge in [-0.1, -0.05) is 18.2 Å². The summed E-state index contributed by atoms with van der Waals surface area (Å²) in [6.45, 7) is 4.12. The molecule has 6 heteroatoms. The fourth-order valence-electron chi connectivity index (χ4n) is 2.95. The predicted octanol–water partition coefficient (Wildman–Crippen LogP) is 3.01. The summed E-state index contributed by atoms with van der Waals surface area (Å²) in [5, 5.41) is 16.2. The molecule has 6 nitrogen and oxygen atoms in total. The van der Waals surface area contributed by atoms with E-state index in [-0.39, 0.29) is 18.6 Å². The molecule has 0 bridgehead atoms.